The molecule has 0 aromatic heterocycles. The molecule has 0 amide bonds. The fourth-order valence-corrected chi connectivity index (χ4v) is 2.33. The number of alkyl halides is 2. The molecule has 0 spiro atoms. The van der Waals surface area contributed by atoms with E-state index < -0.39 is 6.43 Å². The quantitative estimate of drug-likeness (QED) is 0.730. The van der Waals surface area contributed by atoms with E-state index in [1.54, 1.807) is 12.1 Å². The molecular formula is C16H26F2N2. The maximum absolute atomic E-state index is 12.4. The van der Waals surface area contributed by atoms with E-state index in [1.165, 1.54) is 12.1 Å². The van der Waals surface area contributed by atoms with Crippen molar-refractivity contribution in [2.45, 2.75) is 52.7 Å². The third-order valence-electron chi connectivity index (χ3n) is 3.43. The Bertz CT molecular complexity index is 367. The minimum atomic E-state index is -2.39. The third-order valence-corrected chi connectivity index (χ3v) is 3.43. The Morgan fingerprint density at radius 3 is 2.00 bits per heavy atom. The summed E-state index contributed by atoms with van der Waals surface area (Å²) in [7, 11) is 0. The van der Waals surface area contributed by atoms with Crippen molar-refractivity contribution in [2.24, 2.45) is 0 Å². The van der Waals surface area contributed by atoms with E-state index >= 15 is 0 Å². The van der Waals surface area contributed by atoms with Crippen LogP contribution in [0, 0.1) is 0 Å². The first-order valence-corrected chi connectivity index (χ1v) is 7.25. The van der Waals surface area contributed by atoms with Gasteiger partial charge in [0.15, 0.2) is 0 Å². The Morgan fingerprint density at radius 1 is 1.00 bits per heavy atom. The molecular weight excluding hydrogens is 258 g/mol. The summed E-state index contributed by atoms with van der Waals surface area (Å²) in [6.07, 6.45) is -2.39. The van der Waals surface area contributed by atoms with Crippen molar-refractivity contribution >= 4 is 0 Å². The highest BCUT2D eigenvalue weighted by molar-refractivity contribution is 5.23. The second kappa shape index (κ2) is 8.32. The molecule has 1 aromatic carbocycles. The van der Waals surface area contributed by atoms with Crippen molar-refractivity contribution in [3.63, 3.8) is 0 Å². The lowest BCUT2D eigenvalue weighted by Crippen LogP contribution is -2.41. The summed E-state index contributed by atoms with van der Waals surface area (Å²) in [6, 6.07) is 7.57. The average molecular weight is 284 g/mol. The molecule has 0 aliphatic carbocycles. The summed E-state index contributed by atoms with van der Waals surface area (Å²) in [4.78, 5) is 2.42. The van der Waals surface area contributed by atoms with Crippen LogP contribution in [0.15, 0.2) is 24.3 Å². The molecule has 0 unspecified atom stereocenters. The van der Waals surface area contributed by atoms with Gasteiger partial charge >= 0.3 is 0 Å². The van der Waals surface area contributed by atoms with Crippen molar-refractivity contribution in [1.82, 2.24) is 10.2 Å². The number of benzene rings is 1. The van der Waals surface area contributed by atoms with Crippen molar-refractivity contribution < 1.29 is 8.78 Å². The Kier molecular flexibility index (Phi) is 7.10. The second-order valence-corrected chi connectivity index (χ2v) is 5.64. The van der Waals surface area contributed by atoms with Crippen LogP contribution in [0.3, 0.4) is 0 Å². The zero-order valence-electron chi connectivity index (χ0n) is 12.9. The summed E-state index contributed by atoms with van der Waals surface area (Å²) >= 11 is 0. The molecule has 0 heterocycles. The van der Waals surface area contributed by atoms with Crippen LogP contribution in [0.1, 0.15) is 45.2 Å². The average Bonchev–Trinajstić information content (AvgIpc) is 2.38. The number of nitrogens with zero attached hydrogens (tertiary/aromatic N) is 1. The minimum absolute atomic E-state index is 0.0829. The third kappa shape index (κ3) is 5.55. The lowest BCUT2D eigenvalue weighted by atomic mass is 10.1. The van der Waals surface area contributed by atoms with Crippen LogP contribution in [0.2, 0.25) is 0 Å². The Hall–Kier alpha value is -1.00. The van der Waals surface area contributed by atoms with Crippen molar-refractivity contribution in [1.29, 1.82) is 0 Å². The summed E-state index contributed by atoms with van der Waals surface area (Å²) in [5.74, 6) is 0. The van der Waals surface area contributed by atoms with E-state index in [0.29, 0.717) is 18.6 Å². The monoisotopic (exact) mass is 284 g/mol. The molecule has 0 aliphatic heterocycles. The van der Waals surface area contributed by atoms with E-state index in [-0.39, 0.29) is 5.56 Å². The van der Waals surface area contributed by atoms with Gasteiger partial charge in [0, 0.05) is 37.3 Å². The molecule has 4 heteroatoms. The number of rotatable bonds is 8. The van der Waals surface area contributed by atoms with E-state index in [4.69, 9.17) is 0 Å². The van der Waals surface area contributed by atoms with Gasteiger partial charge in [0.05, 0.1) is 0 Å². The maximum atomic E-state index is 12.4. The van der Waals surface area contributed by atoms with E-state index in [0.717, 1.165) is 18.7 Å². The number of hydrogen-bond acceptors (Lipinski definition) is 2. The molecule has 0 fully saturated rings. The van der Waals surface area contributed by atoms with Gasteiger partial charge in [0.2, 0.25) is 0 Å². The summed E-state index contributed by atoms with van der Waals surface area (Å²) in [5, 5.41) is 3.36. The lowest BCUT2D eigenvalue weighted by molar-refractivity contribution is 0.151. The topological polar surface area (TPSA) is 15.3 Å². The Morgan fingerprint density at radius 2 is 1.55 bits per heavy atom. The predicted molar refractivity (Wildman–Crippen MR) is 80.1 cm³/mol. The standard InChI is InChI=1S/C16H26F2N2/c1-12(2)20(13(3)4)10-9-19-11-14-5-7-15(8-6-14)16(17)18/h5-8,12-13,16,19H,9-11H2,1-4H3. The number of halogens is 2. The molecule has 0 saturated heterocycles. The van der Waals surface area contributed by atoms with E-state index in [9.17, 15) is 8.78 Å². The summed E-state index contributed by atoms with van der Waals surface area (Å²) < 4.78 is 24.8. The van der Waals surface area contributed by atoms with Gasteiger partial charge in [-0.3, -0.25) is 4.90 Å². The second-order valence-electron chi connectivity index (χ2n) is 5.64. The van der Waals surface area contributed by atoms with Crippen LogP contribution in [0.5, 0.6) is 0 Å². The van der Waals surface area contributed by atoms with Crippen LogP contribution < -0.4 is 5.32 Å². The molecule has 2 nitrogen and oxygen atoms in total. The predicted octanol–water partition coefficient (Wildman–Crippen LogP) is 3.83. The molecule has 1 N–H and O–H groups in total. The van der Waals surface area contributed by atoms with Crippen LogP contribution >= 0.6 is 0 Å². The number of nitrogens with one attached hydrogen (secondary N) is 1. The zero-order valence-corrected chi connectivity index (χ0v) is 12.9. The van der Waals surface area contributed by atoms with Crippen LogP contribution in [-0.2, 0) is 6.54 Å². The van der Waals surface area contributed by atoms with Crippen molar-refractivity contribution in [2.75, 3.05) is 13.1 Å². The Labute approximate surface area is 121 Å². The smallest absolute Gasteiger partial charge is 0.263 e. The van der Waals surface area contributed by atoms with Crippen molar-refractivity contribution in [3.8, 4) is 0 Å². The fourth-order valence-electron chi connectivity index (χ4n) is 2.33. The molecule has 114 valence electrons. The van der Waals surface area contributed by atoms with Gasteiger partial charge in [0.1, 0.15) is 0 Å². The van der Waals surface area contributed by atoms with E-state index in [1.807, 2.05) is 0 Å². The first kappa shape index (κ1) is 17.1. The van der Waals surface area contributed by atoms with Gasteiger partial charge in [-0.2, -0.15) is 0 Å². The summed E-state index contributed by atoms with van der Waals surface area (Å²) in [5.41, 5.74) is 1.12. The van der Waals surface area contributed by atoms with Gasteiger partial charge in [0.25, 0.3) is 6.43 Å². The highest BCUT2D eigenvalue weighted by atomic mass is 19.3. The molecule has 1 aromatic rings. The zero-order chi connectivity index (χ0) is 15.1. The molecule has 0 atom stereocenters. The van der Waals surface area contributed by atoms with Gasteiger partial charge in [-0.05, 0) is 33.3 Å². The highest BCUT2D eigenvalue weighted by Crippen LogP contribution is 2.18. The van der Waals surface area contributed by atoms with Gasteiger partial charge in [-0.1, -0.05) is 24.3 Å². The van der Waals surface area contributed by atoms with Gasteiger partial charge in [-0.25, -0.2) is 8.78 Å². The number of hydrogen-bond donors (Lipinski definition) is 1. The molecule has 0 radical (unpaired) electrons. The fraction of sp³-hybridized carbons (Fsp3) is 0.625. The van der Waals surface area contributed by atoms with Gasteiger partial charge in [-0.15, -0.1) is 0 Å². The van der Waals surface area contributed by atoms with Crippen molar-refractivity contribution in [3.05, 3.63) is 35.4 Å². The van der Waals surface area contributed by atoms with Crippen LogP contribution in [-0.4, -0.2) is 30.1 Å². The normalized spacial score (nSPS) is 12.1. The first-order chi connectivity index (χ1) is 9.41. The maximum Gasteiger partial charge on any atom is 0.263 e. The van der Waals surface area contributed by atoms with Crippen LogP contribution in [0.4, 0.5) is 8.78 Å². The molecule has 20 heavy (non-hydrogen) atoms. The van der Waals surface area contributed by atoms with Gasteiger partial charge < -0.3 is 5.32 Å². The van der Waals surface area contributed by atoms with E-state index in [2.05, 4.69) is 37.9 Å². The molecule has 1 rings (SSSR count). The summed E-state index contributed by atoms with van der Waals surface area (Å²) in [6.45, 7) is 11.4. The SMILES string of the molecule is CC(C)N(CCNCc1ccc(C(F)F)cc1)C(C)C. The molecule has 0 bridgehead atoms. The largest absolute Gasteiger partial charge is 0.311 e. The minimum Gasteiger partial charge on any atom is -0.311 e. The first-order valence-electron chi connectivity index (χ1n) is 7.25. The van der Waals surface area contributed by atoms with Crippen LogP contribution in [0.25, 0.3) is 0 Å². The Balaban J connectivity index is 2.33. The molecule has 0 saturated carbocycles. The molecule has 0 aliphatic rings. The lowest BCUT2D eigenvalue weighted by Gasteiger charge is -2.30. The highest BCUT2D eigenvalue weighted by Gasteiger charge is 2.12.